The molecular weight excluding hydrogens is 274 g/mol. The van der Waals surface area contributed by atoms with Crippen LogP contribution in [-0.2, 0) is 0 Å². The van der Waals surface area contributed by atoms with Crippen LogP contribution < -0.4 is 10.5 Å². The predicted octanol–water partition coefficient (Wildman–Crippen LogP) is 3.97. The molecule has 0 radical (unpaired) electrons. The molecule has 3 rings (SSSR count). The molecule has 0 aliphatic heterocycles. The summed E-state index contributed by atoms with van der Waals surface area (Å²) in [6, 6.07) is 12.9. The van der Waals surface area contributed by atoms with Gasteiger partial charge in [-0.2, -0.15) is 5.10 Å². The van der Waals surface area contributed by atoms with Crippen molar-refractivity contribution in [1.82, 2.24) is 10.2 Å². The van der Waals surface area contributed by atoms with Crippen LogP contribution >= 0.6 is 11.6 Å². The molecule has 100 valence electrons. The lowest BCUT2D eigenvalue weighted by atomic mass is 10.1. The van der Waals surface area contributed by atoms with Gasteiger partial charge in [0.1, 0.15) is 5.75 Å². The van der Waals surface area contributed by atoms with Crippen LogP contribution in [0.25, 0.3) is 10.8 Å². The van der Waals surface area contributed by atoms with Crippen LogP contribution in [0, 0.1) is 6.92 Å². The Morgan fingerprint density at radius 2 is 1.80 bits per heavy atom. The van der Waals surface area contributed by atoms with E-state index in [1.807, 2.05) is 31.2 Å². The number of nitrogens with zero attached hydrogens (tertiary/aromatic N) is 2. The van der Waals surface area contributed by atoms with Crippen molar-refractivity contribution >= 4 is 28.1 Å². The van der Waals surface area contributed by atoms with Crippen LogP contribution in [0.15, 0.2) is 42.5 Å². The Balaban J connectivity index is 2.09. The van der Waals surface area contributed by atoms with Gasteiger partial charge in [0.15, 0.2) is 0 Å². The molecule has 0 unspecified atom stereocenters. The highest BCUT2D eigenvalue weighted by atomic mass is 35.5. The molecule has 4 nitrogen and oxygen atoms in total. The van der Waals surface area contributed by atoms with E-state index in [1.165, 1.54) is 0 Å². The van der Waals surface area contributed by atoms with Gasteiger partial charge in [-0.15, -0.1) is 5.10 Å². The first-order valence-electron chi connectivity index (χ1n) is 6.10. The maximum absolute atomic E-state index is 6.11. The van der Waals surface area contributed by atoms with Gasteiger partial charge in [-0.05, 0) is 31.2 Å². The van der Waals surface area contributed by atoms with Crippen LogP contribution in [-0.4, -0.2) is 10.2 Å². The van der Waals surface area contributed by atoms with E-state index in [4.69, 9.17) is 22.1 Å². The largest absolute Gasteiger partial charge is 0.435 e. The molecule has 5 heteroatoms. The summed E-state index contributed by atoms with van der Waals surface area (Å²) in [7, 11) is 0. The highest BCUT2D eigenvalue weighted by molar-refractivity contribution is 6.32. The van der Waals surface area contributed by atoms with Gasteiger partial charge >= 0.3 is 0 Å². The minimum atomic E-state index is 0.429. The number of benzene rings is 2. The third kappa shape index (κ3) is 2.26. The first kappa shape index (κ1) is 12.7. The zero-order chi connectivity index (χ0) is 14.1. The van der Waals surface area contributed by atoms with Crippen LogP contribution in [0.3, 0.4) is 0 Å². The summed E-state index contributed by atoms with van der Waals surface area (Å²) in [6.45, 7) is 1.91. The summed E-state index contributed by atoms with van der Waals surface area (Å²) in [6.07, 6.45) is 0. The fourth-order valence-electron chi connectivity index (χ4n) is 1.99. The second kappa shape index (κ2) is 4.98. The molecule has 2 aromatic carbocycles. The predicted molar refractivity (Wildman–Crippen MR) is 80.2 cm³/mol. The van der Waals surface area contributed by atoms with Crippen molar-refractivity contribution in [1.29, 1.82) is 0 Å². The molecule has 1 heterocycles. The molecule has 0 saturated heterocycles. The number of fused-ring (bicyclic) bond motifs is 1. The van der Waals surface area contributed by atoms with Crippen LogP contribution in [0.2, 0.25) is 5.02 Å². The van der Waals surface area contributed by atoms with Gasteiger partial charge in [0.25, 0.3) is 0 Å². The van der Waals surface area contributed by atoms with E-state index in [-0.39, 0.29) is 0 Å². The van der Waals surface area contributed by atoms with E-state index in [9.17, 15) is 0 Å². The SMILES string of the molecule is Cc1nnc(Oc2ccc(N)cc2Cl)c2ccccc12. The number of hydrogen-bond acceptors (Lipinski definition) is 4. The topological polar surface area (TPSA) is 61.0 Å². The maximum Gasteiger partial charge on any atom is 0.246 e. The van der Waals surface area contributed by atoms with Gasteiger partial charge < -0.3 is 10.5 Å². The summed E-state index contributed by atoms with van der Waals surface area (Å²) in [5.41, 5.74) is 7.11. The van der Waals surface area contributed by atoms with Crippen LogP contribution in [0.5, 0.6) is 11.6 Å². The van der Waals surface area contributed by atoms with Gasteiger partial charge in [0.05, 0.1) is 10.7 Å². The smallest absolute Gasteiger partial charge is 0.246 e. The lowest BCUT2D eigenvalue weighted by Gasteiger charge is -2.10. The van der Waals surface area contributed by atoms with Gasteiger partial charge in [0.2, 0.25) is 5.88 Å². The molecule has 0 atom stereocenters. The molecule has 0 saturated carbocycles. The summed E-state index contributed by atoms with van der Waals surface area (Å²) in [4.78, 5) is 0. The molecule has 2 N–H and O–H groups in total. The molecule has 3 aromatic rings. The fourth-order valence-corrected chi connectivity index (χ4v) is 2.22. The number of anilines is 1. The lowest BCUT2D eigenvalue weighted by molar-refractivity contribution is 0.461. The second-order valence-corrected chi connectivity index (χ2v) is 4.84. The van der Waals surface area contributed by atoms with Gasteiger partial charge in [-0.1, -0.05) is 29.8 Å². The number of nitrogens with two attached hydrogens (primary N) is 1. The first-order valence-corrected chi connectivity index (χ1v) is 6.48. The molecule has 0 bridgehead atoms. The van der Waals surface area contributed by atoms with Crippen molar-refractivity contribution in [3.8, 4) is 11.6 Å². The second-order valence-electron chi connectivity index (χ2n) is 4.43. The van der Waals surface area contributed by atoms with E-state index in [2.05, 4.69) is 10.2 Å². The lowest BCUT2D eigenvalue weighted by Crippen LogP contribution is -1.96. The highest BCUT2D eigenvalue weighted by Crippen LogP contribution is 2.33. The maximum atomic E-state index is 6.11. The van der Waals surface area contributed by atoms with Gasteiger partial charge in [-0.3, -0.25) is 0 Å². The first-order chi connectivity index (χ1) is 9.65. The Morgan fingerprint density at radius 1 is 1.05 bits per heavy atom. The molecular formula is C15H12ClN3O. The molecule has 0 aliphatic carbocycles. The van der Waals surface area contributed by atoms with Crippen molar-refractivity contribution in [2.24, 2.45) is 0 Å². The third-order valence-electron chi connectivity index (χ3n) is 3.00. The third-order valence-corrected chi connectivity index (χ3v) is 3.30. The minimum Gasteiger partial charge on any atom is -0.435 e. The number of nitrogen functional groups attached to an aromatic ring is 1. The summed E-state index contributed by atoms with van der Waals surface area (Å²) >= 11 is 6.11. The fraction of sp³-hybridized carbons (Fsp3) is 0.0667. The quantitative estimate of drug-likeness (QED) is 0.724. The van der Waals surface area contributed by atoms with E-state index in [0.29, 0.717) is 22.3 Å². The highest BCUT2D eigenvalue weighted by Gasteiger charge is 2.10. The number of rotatable bonds is 2. The molecule has 0 fully saturated rings. The number of hydrogen-bond donors (Lipinski definition) is 1. The summed E-state index contributed by atoms with van der Waals surface area (Å²) in [5.74, 6) is 0.932. The number of halogens is 1. The van der Waals surface area contributed by atoms with Crippen molar-refractivity contribution in [2.75, 3.05) is 5.73 Å². The number of ether oxygens (including phenoxy) is 1. The average molecular weight is 286 g/mol. The molecule has 0 spiro atoms. The van der Waals surface area contributed by atoms with Gasteiger partial charge in [0, 0.05) is 16.5 Å². The van der Waals surface area contributed by atoms with Crippen molar-refractivity contribution in [3.05, 3.63) is 53.2 Å². The van der Waals surface area contributed by atoms with E-state index in [1.54, 1.807) is 18.2 Å². The summed E-state index contributed by atoms with van der Waals surface area (Å²) < 4.78 is 5.77. The zero-order valence-corrected chi connectivity index (χ0v) is 11.6. The average Bonchev–Trinajstić information content (AvgIpc) is 2.45. The molecule has 1 aromatic heterocycles. The zero-order valence-electron chi connectivity index (χ0n) is 10.8. The summed E-state index contributed by atoms with van der Waals surface area (Å²) in [5, 5.41) is 10.6. The van der Waals surface area contributed by atoms with Crippen molar-refractivity contribution < 1.29 is 4.74 Å². The van der Waals surface area contributed by atoms with E-state index >= 15 is 0 Å². The number of aryl methyl sites for hydroxylation is 1. The van der Waals surface area contributed by atoms with Crippen LogP contribution in [0.4, 0.5) is 5.69 Å². The minimum absolute atomic E-state index is 0.429. The Hall–Kier alpha value is -2.33. The molecule has 20 heavy (non-hydrogen) atoms. The van der Waals surface area contributed by atoms with E-state index < -0.39 is 0 Å². The Labute approximate surface area is 121 Å². The van der Waals surface area contributed by atoms with Crippen molar-refractivity contribution in [3.63, 3.8) is 0 Å². The number of aromatic nitrogens is 2. The monoisotopic (exact) mass is 285 g/mol. The Kier molecular flexibility index (Phi) is 3.16. The normalized spacial score (nSPS) is 10.7. The molecule has 0 amide bonds. The standard InChI is InChI=1S/C15H12ClN3O/c1-9-11-4-2-3-5-12(11)15(19-18-9)20-14-7-6-10(17)8-13(14)16/h2-8H,17H2,1H3. The molecule has 0 aliphatic rings. The Morgan fingerprint density at radius 3 is 2.55 bits per heavy atom. The van der Waals surface area contributed by atoms with E-state index in [0.717, 1.165) is 16.5 Å². The Bertz CT molecular complexity index is 789. The van der Waals surface area contributed by atoms with Gasteiger partial charge in [-0.25, -0.2) is 0 Å². The van der Waals surface area contributed by atoms with Crippen molar-refractivity contribution in [2.45, 2.75) is 6.92 Å². The van der Waals surface area contributed by atoms with Crippen LogP contribution in [0.1, 0.15) is 5.69 Å².